The third-order valence-electron chi connectivity index (χ3n) is 2.76. The molecule has 0 fully saturated rings. The number of benzene rings is 2. The Hall–Kier alpha value is -1.87. The maximum atomic E-state index is 11.4. The van der Waals surface area contributed by atoms with Crippen LogP contribution in [0, 0.1) is 0 Å². The van der Waals surface area contributed by atoms with E-state index in [0.29, 0.717) is 11.1 Å². The van der Waals surface area contributed by atoms with Crippen molar-refractivity contribution in [2.24, 2.45) is 0 Å². The largest absolute Gasteiger partial charge is 0.478 e. The van der Waals surface area contributed by atoms with Gasteiger partial charge in [0.05, 0.1) is 5.57 Å². The number of carboxylic acids is 1. The molecule has 0 saturated heterocycles. The molecule has 3 heteroatoms. The van der Waals surface area contributed by atoms with Gasteiger partial charge in [0.1, 0.15) is 0 Å². The van der Waals surface area contributed by atoms with E-state index >= 15 is 0 Å². The van der Waals surface area contributed by atoms with Crippen LogP contribution in [0.15, 0.2) is 54.6 Å². The molecule has 19 heavy (non-hydrogen) atoms. The molecule has 0 bridgehead atoms. The quantitative estimate of drug-likeness (QED) is 0.521. The molecule has 2 aromatic carbocycles. The minimum absolute atomic E-state index is 0.298. The van der Waals surface area contributed by atoms with E-state index in [1.807, 2.05) is 42.5 Å². The minimum atomic E-state index is -0.921. The first-order chi connectivity index (χ1) is 9.20. The van der Waals surface area contributed by atoms with Crippen LogP contribution in [0.5, 0.6) is 0 Å². The van der Waals surface area contributed by atoms with Crippen LogP contribution in [0.1, 0.15) is 16.7 Å². The van der Waals surface area contributed by atoms with Crippen molar-refractivity contribution in [1.82, 2.24) is 0 Å². The molecular weight excluding hydrogens is 304 g/mol. The fourth-order valence-corrected chi connectivity index (χ4v) is 2.13. The summed E-state index contributed by atoms with van der Waals surface area (Å²) in [7, 11) is 0. The molecular formula is C16H13BrO2. The van der Waals surface area contributed by atoms with E-state index in [2.05, 4.69) is 15.9 Å². The smallest absolute Gasteiger partial charge is 0.336 e. The number of halogens is 1. The molecule has 2 rings (SSSR count). The number of alkyl halides is 1. The summed E-state index contributed by atoms with van der Waals surface area (Å²) < 4.78 is 0. The molecule has 1 N–H and O–H groups in total. The predicted octanol–water partition coefficient (Wildman–Crippen LogP) is 4.21. The van der Waals surface area contributed by atoms with Crippen molar-refractivity contribution < 1.29 is 9.90 Å². The molecule has 0 spiro atoms. The molecule has 0 heterocycles. The normalized spacial score (nSPS) is 11.3. The van der Waals surface area contributed by atoms with Crippen LogP contribution >= 0.6 is 15.9 Å². The lowest BCUT2D eigenvalue weighted by atomic mass is 10.0. The van der Waals surface area contributed by atoms with Gasteiger partial charge in [0.25, 0.3) is 0 Å². The lowest BCUT2D eigenvalue weighted by Gasteiger charge is -2.03. The highest BCUT2D eigenvalue weighted by molar-refractivity contribution is 9.08. The van der Waals surface area contributed by atoms with Gasteiger partial charge in [0, 0.05) is 5.33 Å². The van der Waals surface area contributed by atoms with E-state index in [0.717, 1.165) is 16.5 Å². The van der Waals surface area contributed by atoms with Crippen LogP contribution in [0.3, 0.4) is 0 Å². The average molecular weight is 317 g/mol. The number of carboxylic acid groups (broad SMARTS) is 1. The summed E-state index contributed by atoms with van der Waals surface area (Å²) in [5.41, 5.74) is 3.05. The van der Waals surface area contributed by atoms with Crippen molar-refractivity contribution in [2.45, 2.75) is 5.33 Å². The standard InChI is InChI=1S/C16H13BrO2/c17-11-13-8-6-12(7-9-13)10-15(16(18)19)14-4-2-1-3-5-14/h1-10H,11H2,(H,18,19). The monoisotopic (exact) mass is 316 g/mol. The Balaban J connectivity index is 2.38. The Bertz CT molecular complexity index is 586. The van der Waals surface area contributed by atoms with Crippen molar-refractivity contribution in [2.75, 3.05) is 0 Å². The number of carbonyl (C=O) groups is 1. The zero-order valence-electron chi connectivity index (χ0n) is 10.2. The summed E-state index contributed by atoms with van der Waals surface area (Å²) in [6, 6.07) is 16.9. The van der Waals surface area contributed by atoms with Crippen molar-refractivity contribution in [3.8, 4) is 0 Å². The van der Waals surface area contributed by atoms with Crippen LogP contribution in [0.2, 0.25) is 0 Å². The van der Waals surface area contributed by atoms with Gasteiger partial charge in [-0.2, -0.15) is 0 Å². The molecule has 2 aromatic rings. The van der Waals surface area contributed by atoms with Gasteiger partial charge in [-0.05, 0) is 22.8 Å². The van der Waals surface area contributed by atoms with Gasteiger partial charge in [-0.15, -0.1) is 0 Å². The topological polar surface area (TPSA) is 37.3 Å². The molecule has 0 aliphatic rings. The third-order valence-corrected chi connectivity index (χ3v) is 3.41. The van der Waals surface area contributed by atoms with Crippen molar-refractivity contribution >= 4 is 33.5 Å². The number of rotatable bonds is 4. The Morgan fingerprint density at radius 3 is 2.21 bits per heavy atom. The number of hydrogen-bond acceptors (Lipinski definition) is 1. The molecule has 2 nitrogen and oxygen atoms in total. The Morgan fingerprint density at radius 1 is 1.05 bits per heavy atom. The first-order valence-electron chi connectivity index (χ1n) is 5.86. The second-order valence-corrected chi connectivity index (χ2v) is 4.67. The zero-order chi connectivity index (χ0) is 13.7. The maximum absolute atomic E-state index is 11.4. The van der Waals surface area contributed by atoms with Gasteiger partial charge in [0.15, 0.2) is 0 Å². The molecule has 0 saturated carbocycles. The van der Waals surface area contributed by atoms with E-state index in [9.17, 15) is 9.90 Å². The maximum Gasteiger partial charge on any atom is 0.336 e. The third kappa shape index (κ3) is 3.55. The Kier molecular flexibility index (Phi) is 4.53. The van der Waals surface area contributed by atoms with E-state index in [1.54, 1.807) is 18.2 Å². The first kappa shape index (κ1) is 13.6. The molecule has 96 valence electrons. The van der Waals surface area contributed by atoms with Crippen molar-refractivity contribution in [1.29, 1.82) is 0 Å². The van der Waals surface area contributed by atoms with Gasteiger partial charge in [-0.25, -0.2) is 4.79 Å². The summed E-state index contributed by atoms with van der Waals surface area (Å²) in [4.78, 5) is 11.4. The lowest BCUT2D eigenvalue weighted by molar-refractivity contribution is -0.130. The summed E-state index contributed by atoms with van der Waals surface area (Å²) in [5.74, 6) is -0.921. The predicted molar refractivity (Wildman–Crippen MR) is 81.0 cm³/mol. The molecule has 0 amide bonds. The average Bonchev–Trinajstić information content (AvgIpc) is 2.46. The number of aliphatic carboxylic acids is 1. The summed E-state index contributed by atoms with van der Waals surface area (Å²) >= 11 is 3.38. The second-order valence-electron chi connectivity index (χ2n) is 4.10. The van der Waals surface area contributed by atoms with Crippen LogP contribution in [-0.2, 0) is 10.1 Å². The number of hydrogen-bond donors (Lipinski definition) is 1. The first-order valence-corrected chi connectivity index (χ1v) is 6.98. The molecule has 0 radical (unpaired) electrons. The Labute approximate surface area is 120 Å². The van der Waals surface area contributed by atoms with Gasteiger partial charge in [0.2, 0.25) is 0 Å². The van der Waals surface area contributed by atoms with Crippen molar-refractivity contribution in [3.63, 3.8) is 0 Å². The van der Waals surface area contributed by atoms with Gasteiger partial charge in [-0.1, -0.05) is 70.5 Å². The zero-order valence-corrected chi connectivity index (χ0v) is 11.8. The summed E-state index contributed by atoms with van der Waals surface area (Å²) in [5, 5.41) is 10.1. The molecule has 0 unspecified atom stereocenters. The van der Waals surface area contributed by atoms with E-state index in [-0.39, 0.29) is 0 Å². The van der Waals surface area contributed by atoms with Crippen LogP contribution in [0.4, 0.5) is 0 Å². The lowest BCUT2D eigenvalue weighted by Crippen LogP contribution is -1.99. The van der Waals surface area contributed by atoms with E-state index in [1.165, 1.54) is 0 Å². The minimum Gasteiger partial charge on any atom is -0.478 e. The summed E-state index contributed by atoms with van der Waals surface area (Å²) in [6.45, 7) is 0. The molecule has 0 aliphatic heterocycles. The van der Waals surface area contributed by atoms with Crippen LogP contribution in [0.25, 0.3) is 11.6 Å². The van der Waals surface area contributed by atoms with Gasteiger partial charge in [-0.3, -0.25) is 0 Å². The van der Waals surface area contributed by atoms with Crippen LogP contribution < -0.4 is 0 Å². The van der Waals surface area contributed by atoms with E-state index in [4.69, 9.17) is 0 Å². The van der Waals surface area contributed by atoms with Crippen molar-refractivity contribution in [3.05, 3.63) is 71.3 Å². The van der Waals surface area contributed by atoms with E-state index < -0.39 is 5.97 Å². The highest BCUT2D eigenvalue weighted by atomic mass is 79.9. The fourth-order valence-electron chi connectivity index (χ4n) is 1.76. The highest BCUT2D eigenvalue weighted by Crippen LogP contribution is 2.19. The van der Waals surface area contributed by atoms with Crippen LogP contribution in [-0.4, -0.2) is 11.1 Å². The Morgan fingerprint density at radius 2 is 1.68 bits per heavy atom. The summed E-state index contributed by atoms with van der Waals surface area (Å²) in [6.07, 6.45) is 1.69. The molecule has 0 aromatic heterocycles. The molecule has 0 atom stereocenters. The second kappa shape index (κ2) is 6.34. The SMILES string of the molecule is O=C(O)C(=Cc1ccc(CBr)cc1)c1ccccc1. The fraction of sp³-hybridized carbons (Fsp3) is 0.0625. The highest BCUT2D eigenvalue weighted by Gasteiger charge is 2.09. The van der Waals surface area contributed by atoms with Gasteiger partial charge < -0.3 is 5.11 Å². The van der Waals surface area contributed by atoms with Gasteiger partial charge >= 0.3 is 5.97 Å². The molecule has 0 aliphatic carbocycles.